The minimum absolute atomic E-state index is 0.0827. The first-order valence-electron chi connectivity index (χ1n) is 39.4. The van der Waals surface area contributed by atoms with Gasteiger partial charge in [-0.25, -0.2) is 9.13 Å². The summed E-state index contributed by atoms with van der Waals surface area (Å²) in [5.74, 6) is -2.18. The number of aliphatic hydroxyl groups is 1. The van der Waals surface area contributed by atoms with Gasteiger partial charge in [0.25, 0.3) is 0 Å². The number of aliphatic hydroxyl groups excluding tert-OH is 1. The number of phosphoric acid groups is 2. The van der Waals surface area contributed by atoms with E-state index in [0.29, 0.717) is 25.7 Å². The minimum atomic E-state index is -4.97. The predicted octanol–water partition coefficient (Wildman–Crippen LogP) is 22.5. The van der Waals surface area contributed by atoms with E-state index in [2.05, 4.69) is 76.3 Å². The summed E-state index contributed by atoms with van der Waals surface area (Å²) in [6, 6.07) is 0. The van der Waals surface area contributed by atoms with E-state index >= 15 is 0 Å². The molecule has 0 aromatic carbocycles. The van der Waals surface area contributed by atoms with Gasteiger partial charge in [-0.2, -0.15) is 0 Å². The standard InChI is InChI=1S/C78H144O17P2/c1-5-9-13-17-21-24-27-30-33-34-35-36-37-40-43-46-49-53-57-61-65-78(83)95-74(69-89-76(81)63-59-55-51-47-44-41-38-31-28-25-22-18-14-10-6-2)71-93-97(86,87)91-67-72(79)66-90-96(84,85)92-70-73(68-88-75(80)62-58-54-50-20-16-12-8-4)94-77(82)64-60-56-52-48-45-42-39-32-29-26-23-19-15-11-7-3/h25-26,28-29,31-32,38-39,72-74,79H,5-24,27,30,33-37,40-71H2,1-4H3,(H,84,85)(H,86,87)/b28-25-,29-26-,38-31-,39-32-/t72-,73+,74+/m0/s1. The summed E-state index contributed by atoms with van der Waals surface area (Å²) in [7, 11) is -9.93. The van der Waals surface area contributed by atoms with Crippen LogP contribution < -0.4 is 0 Å². The lowest BCUT2D eigenvalue weighted by atomic mass is 10.0. The summed E-state index contributed by atoms with van der Waals surface area (Å²) < 4.78 is 68.4. The highest BCUT2D eigenvalue weighted by Gasteiger charge is 2.30. The molecule has 0 saturated heterocycles. The van der Waals surface area contributed by atoms with Crippen LogP contribution in [0.3, 0.4) is 0 Å². The fourth-order valence-corrected chi connectivity index (χ4v) is 12.6. The summed E-state index contributed by atoms with van der Waals surface area (Å²) >= 11 is 0. The Bertz CT molecular complexity index is 2030. The number of carbonyl (C=O) groups is 4. The molecule has 0 aliphatic carbocycles. The summed E-state index contributed by atoms with van der Waals surface area (Å²) in [6.07, 6.45) is 68.4. The Hall–Kier alpha value is -2.98. The fourth-order valence-electron chi connectivity index (χ4n) is 11.0. The second-order valence-electron chi connectivity index (χ2n) is 26.7. The van der Waals surface area contributed by atoms with Crippen molar-refractivity contribution >= 4 is 39.5 Å². The molecule has 0 heterocycles. The SMILES string of the molecule is CCCCCC/C=C\C=C/CCCCCCCC(=O)OC[C@H](COP(=O)(O)OC[C@@H](O)COP(=O)(O)OC[C@@H](COC(=O)CCCCCCCCC)OC(=O)CCCCCCC/C=C\C=C/CCCCCC)OC(=O)CCCCCCCCCCCCCCCCCCCCCC. The number of carbonyl (C=O) groups excluding carboxylic acids is 4. The molecule has 17 nitrogen and oxygen atoms in total. The van der Waals surface area contributed by atoms with Crippen molar-refractivity contribution in [1.29, 1.82) is 0 Å². The van der Waals surface area contributed by atoms with Gasteiger partial charge in [-0.05, 0) is 77.0 Å². The molecular formula is C78H144O17P2. The highest BCUT2D eigenvalue weighted by molar-refractivity contribution is 7.47. The third kappa shape index (κ3) is 71.2. The molecule has 0 aliphatic rings. The van der Waals surface area contributed by atoms with Crippen LogP contribution in [0.1, 0.15) is 368 Å². The predicted molar refractivity (Wildman–Crippen MR) is 395 cm³/mol. The number of hydrogen-bond donors (Lipinski definition) is 3. The van der Waals surface area contributed by atoms with Gasteiger partial charge in [0.2, 0.25) is 0 Å². The minimum Gasteiger partial charge on any atom is -0.462 e. The number of esters is 4. The maximum absolute atomic E-state index is 13.1. The quantitative estimate of drug-likeness (QED) is 0.0169. The van der Waals surface area contributed by atoms with Crippen molar-refractivity contribution in [3.8, 4) is 0 Å². The van der Waals surface area contributed by atoms with Crippen molar-refractivity contribution in [1.82, 2.24) is 0 Å². The highest BCUT2D eigenvalue weighted by atomic mass is 31.2. The molecule has 19 heteroatoms. The van der Waals surface area contributed by atoms with E-state index in [1.54, 1.807) is 0 Å². The lowest BCUT2D eigenvalue weighted by Gasteiger charge is -2.21. The number of hydrogen-bond acceptors (Lipinski definition) is 15. The van der Waals surface area contributed by atoms with Crippen molar-refractivity contribution in [2.75, 3.05) is 39.6 Å². The van der Waals surface area contributed by atoms with Gasteiger partial charge in [-0.15, -0.1) is 0 Å². The van der Waals surface area contributed by atoms with Crippen LogP contribution in [0.15, 0.2) is 48.6 Å². The lowest BCUT2D eigenvalue weighted by Crippen LogP contribution is -2.30. The van der Waals surface area contributed by atoms with E-state index in [0.717, 1.165) is 135 Å². The molecule has 0 saturated carbocycles. The highest BCUT2D eigenvalue weighted by Crippen LogP contribution is 2.45. The fraction of sp³-hybridized carbons (Fsp3) is 0.846. The molecule has 0 aromatic rings. The van der Waals surface area contributed by atoms with E-state index < -0.39 is 97.5 Å². The monoisotopic (exact) mass is 1410 g/mol. The van der Waals surface area contributed by atoms with E-state index in [-0.39, 0.29) is 25.7 Å². The van der Waals surface area contributed by atoms with E-state index in [1.807, 2.05) is 0 Å². The van der Waals surface area contributed by atoms with Crippen LogP contribution in [0.4, 0.5) is 0 Å². The largest absolute Gasteiger partial charge is 0.472 e. The normalized spacial score (nSPS) is 14.2. The van der Waals surface area contributed by atoms with Crippen LogP contribution in [0.25, 0.3) is 0 Å². The van der Waals surface area contributed by atoms with Crippen LogP contribution in [-0.2, 0) is 65.4 Å². The van der Waals surface area contributed by atoms with Gasteiger partial charge in [0, 0.05) is 25.7 Å². The van der Waals surface area contributed by atoms with Crippen molar-refractivity contribution < 1.29 is 80.2 Å². The molecule has 0 rings (SSSR count). The zero-order valence-corrected chi connectivity index (χ0v) is 63.8. The van der Waals surface area contributed by atoms with Crippen LogP contribution >= 0.6 is 15.6 Å². The summed E-state index contributed by atoms with van der Waals surface area (Å²) in [6.45, 7) is 4.82. The van der Waals surface area contributed by atoms with Crippen molar-refractivity contribution in [3.63, 3.8) is 0 Å². The summed E-state index contributed by atoms with van der Waals surface area (Å²) in [4.78, 5) is 72.7. The molecule has 5 atom stereocenters. The lowest BCUT2D eigenvalue weighted by molar-refractivity contribution is -0.161. The Kier molecular flexibility index (Phi) is 69.2. The van der Waals surface area contributed by atoms with E-state index in [9.17, 15) is 43.2 Å². The number of unbranched alkanes of at least 4 members (excludes halogenated alkanes) is 43. The topological polar surface area (TPSA) is 237 Å². The first-order valence-corrected chi connectivity index (χ1v) is 42.4. The molecule has 0 fully saturated rings. The van der Waals surface area contributed by atoms with Crippen molar-refractivity contribution in [2.24, 2.45) is 0 Å². The second kappa shape index (κ2) is 71.4. The van der Waals surface area contributed by atoms with Crippen molar-refractivity contribution in [2.45, 2.75) is 386 Å². The smallest absolute Gasteiger partial charge is 0.462 e. The van der Waals surface area contributed by atoms with Gasteiger partial charge in [0.15, 0.2) is 12.2 Å². The van der Waals surface area contributed by atoms with Gasteiger partial charge in [-0.3, -0.25) is 37.3 Å². The molecule has 0 spiro atoms. The molecular weight excluding hydrogens is 1270 g/mol. The molecule has 0 radical (unpaired) electrons. The van der Waals surface area contributed by atoms with Crippen molar-refractivity contribution in [3.05, 3.63) is 48.6 Å². The zero-order chi connectivity index (χ0) is 71.1. The third-order valence-electron chi connectivity index (χ3n) is 17.1. The van der Waals surface area contributed by atoms with Crippen LogP contribution in [0.2, 0.25) is 0 Å². The number of ether oxygens (including phenoxy) is 4. The van der Waals surface area contributed by atoms with Crippen LogP contribution in [0, 0.1) is 0 Å². The summed E-state index contributed by atoms with van der Waals surface area (Å²) in [5.41, 5.74) is 0. The number of phosphoric ester groups is 2. The summed E-state index contributed by atoms with van der Waals surface area (Å²) in [5, 5.41) is 10.6. The zero-order valence-electron chi connectivity index (χ0n) is 62.0. The van der Waals surface area contributed by atoms with Gasteiger partial charge in [0.05, 0.1) is 26.4 Å². The van der Waals surface area contributed by atoms with Gasteiger partial charge in [-0.1, -0.05) is 314 Å². The molecule has 97 heavy (non-hydrogen) atoms. The molecule has 0 aromatic heterocycles. The van der Waals surface area contributed by atoms with Crippen LogP contribution in [0.5, 0.6) is 0 Å². The molecule has 0 aliphatic heterocycles. The second-order valence-corrected chi connectivity index (χ2v) is 29.6. The van der Waals surface area contributed by atoms with Gasteiger partial charge >= 0.3 is 39.5 Å². The molecule has 0 bridgehead atoms. The number of allylic oxidation sites excluding steroid dienone is 8. The average Bonchev–Trinajstić information content (AvgIpc) is 1.04. The Morgan fingerprint density at radius 2 is 0.495 bits per heavy atom. The Balaban J connectivity index is 5.24. The number of rotatable bonds is 75. The van der Waals surface area contributed by atoms with E-state index in [1.165, 1.54) is 154 Å². The van der Waals surface area contributed by atoms with Gasteiger partial charge in [0.1, 0.15) is 19.3 Å². The maximum Gasteiger partial charge on any atom is 0.472 e. The Labute approximate surface area is 591 Å². The van der Waals surface area contributed by atoms with Gasteiger partial charge < -0.3 is 33.8 Å². The average molecular weight is 1420 g/mol. The molecule has 2 unspecified atom stereocenters. The molecule has 3 N–H and O–H groups in total. The molecule has 0 amide bonds. The maximum atomic E-state index is 13.1. The molecule has 568 valence electrons. The van der Waals surface area contributed by atoms with Crippen LogP contribution in [-0.4, -0.2) is 96.7 Å². The third-order valence-corrected chi connectivity index (χ3v) is 19.0. The first kappa shape index (κ1) is 94.0. The Morgan fingerprint density at radius 1 is 0.289 bits per heavy atom. The van der Waals surface area contributed by atoms with E-state index in [4.69, 9.17) is 37.0 Å². The Morgan fingerprint density at radius 3 is 0.753 bits per heavy atom. The first-order chi connectivity index (χ1) is 47.2.